The molecule has 1 aliphatic heterocycles. The molecule has 0 radical (unpaired) electrons. The summed E-state index contributed by atoms with van der Waals surface area (Å²) in [5.41, 5.74) is 0.958. The van der Waals surface area contributed by atoms with Gasteiger partial charge in [0.1, 0.15) is 6.61 Å². The van der Waals surface area contributed by atoms with E-state index in [9.17, 15) is 19.2 Å². The van der Waals surface area contributed by atoms with Gasteiger partial charge < -0.3 is 28.3 Å². The molecule has 34 heavy (non-hydrogen) atoms. The molecule has 0 spiro atoms. The minimum atomic E-state index is -1.16. The summed E-state index contributed by atoms with van der Waals surface area (Å²) in [5.74, 6) is -1.81. The van der Waals surface area contributed by atoms with Crippen LogP contribution in [0.1, 0.15) is 38.3 Å². The molecule has 1 aromatic carbocycles. The van der Waals surface area contributed by atoms with E-state index in [1.165, 1.54) is 33.0 Å². The molecule has 10 heteroatoms. The number of pyridine rings is 1. The monoisotopic (exact) mass is 473 g/mol. The fraction of sp³-hybridized carbons (Fsp3) is 0.417. The number of rotatable bonds is 7. The molecular formula is C24H27NO9. The Bertz CT molecular complexity index is 1100. The number of carbonyl (C=O) groups is 3. The lowest BCUT2D eigenvalue weighted by atomic mass is 10.0. The fourth-order valence-corrected chi connectivity index (χ4v) is 3.77. The minimum absolute atomic E-state index is 0.0997. The molecule has 1 saturated heterocycles. The second kappa shape index (κ2) is 11.0. The average Bonchev–Trinajstić information content (AvgIpc) is 2.76. The Morgan fingerprint density at radius 2 is 1.56 bits per heavy atom. The van der Waals surface area contributed by atoms with Gasteiger partial charge in [0.05, 0.1) is 12.3 Å². The van der Waals surface area contributed by atoms with E-state index in [4.69, 9.17) is 23.7 Å². The van der Waals surface area contributed by atoms with E-state index in [1.54, 1.807) is 11.5 Å². The fourth-order valence-electron chi connectivity index (χ4n) is 3.77. The van der Waals surface area contributed by atoms with Crippen LogP contribution in [-0.4, -0.2) is 47.4 Å². The van der Waals surface area contributed by atoms with E-state index in [0.717, 1.165) is 5.56 Å². The third-order valence-corrected chi connectivity index (χ3v) is 5.15. The molecular weight excluding hydrogens is 446 g/mol. The van der Waals surface area contributed by atoms with Crippen LogP contribution in [0.15, 0.2) is 47.4 Å². The van der Waals surface area contributed by atoms with Gasteiger partial charge in [0.2, 0.25) is 5.43 Å². The maximum atomic E-state index is 12.5. The zero-order chi connectivity index (χ0) is 24.8. The molecule has 2 heterocycles. The zero-order valence-corrected chi connectivity index (χ0v) is 19.4. The van der Waals surface area contributed by atoms with Crippen molar-refractivity contribution >= 4 is 17.9 Å². The summed E-state index contributed by atoms with van der Waals surface area (Å²) in [5, 5.41) is 0. The topological polar surface area (TPSA) is 119 Å². The predicted octanol–water partition coefficient (Wildman–Crippen LogP) is 2.06. The van der Waals surface area contributed by atoms with Crippen molar-refractivity contribution in [2.24, 2.45) is 0 Å². The standard InChI is InChI=1S/C24H27NO9/c1-14-21(30-12-18-8-6-5-7-9-18)19(29)10-11-25(14)24-23(34-17(4)28)22(33-16(3)27)20(13-31-24)32-15(2)26/h5-11,20,22-24H,12-13H2,1-4H3/t20-,22-,23-,24-/m1/s1. The highest BCUT2D eigenvalue weighted by atomic mass is 16.6. The molecule has 4 atom stereocenters. The number of ether oxygens (including phenoxy) is 5. The highest BCUT2D eigenvalue weighted by molar-refractivity contribution is 5.68. The van der Waals surface area contributed by atoms with Crippen molar-refractivity contribution < 1.29 is 38.1 Å². The Hall–Kier alpha value is -3.66. The predicted molar refractivity (Wildman–Crippen MR) is 118 cm³/mol. The average molecular weight is 473 g/mol. The SMILES string of the molecule is CC(=O)O[C@@H]1[C@H](OC(C)=O)[C@H](OC(C)=O)CO[C@H]1n1ccc(=O)c(OCc2ccccc2)c1C. The van der Waals surface area contributed by atoms with Gasteiger partial charge in [-0.15, -0.1) is 0 Å². The van der Waals surface area contributed by atoms with Crippen molar-refractivity contribution in [1.82, 2.24) is 4.57 Å². The van der Waals surface area contributed by atoms with Gasteiger partial charge in [-0.05, 0) is 12.5 Å². The Morgan fingerprint density at radius 1 is 0.941 bits per heavy atom. The summed E-state index contributed by atoms with van der Waals surface area (Å²) < 4.78 is 29.4. The van der Waals surface area contributed by atoms with Crippen LogP contribution in [0.2, 0.25) is 0 Å². The van der Waals surface area contributed by atoms with Crippen LogP contribution >= 0.6 is 0 Å². The number of hydrogen-bond donors (Lipinski definition) is 0. The molecule has 0 amide bonds. The van der Waals surface area contributed by atoms with Crippen molar-refractivity contribution in [3.8, 4) is 5.75 Å². The van der Waals surface area contributed by atoms with Gasteiger partial charge in [-0.25, -0.2) is 0 Å². The van der Waals surface area contributed by atoms with Crippen molar-refractivity contribution in [3.05, 3.63) is 64.1 Å². The first-order valence-electron chi connectivity index (χ1n) is 10.7. The zero-order valence-electron chi connectivity index (χ0n) is 19.4. The number of hydrogen-bond acceptors (Lipinski definition) is 9. The molecule has 0 N–H and O–H groups in total. The van der Waals surface area contributed by atoms with E-state index in [-0.39, 0.29) is 24.4 Å². The number of carbonyl (C=O) groups excluding carboxylic acids is 3. The Morgan fingerprint density at radius 3 is 2.18 bits per heavy atom. The second-order valence-corrected chi connectivity index (χ2v) is 7.80. The van der Waals surface area contributed by atoms with Gasteiger partial charge in [0.25, 0.3) is 0 Å². The summed E-state index contributed by atoms with van der Waals surface area (Å²) in [6, 6.07) is 10.7. The van der Waals surface area contributed by atoms with Crippen LogP contribution in [0.5, 0.6) is 5.75 Å². The maximum absolute atomic E-state index is 12.5. The van der Waals surface area contributed by atoms with Crippen LogP contribution in [0.3, 0.4) is 0 Å². The summed E-state index contributed by atoms with van der Waals surface area (Å²) in [6.07, 6.45) is -2.79. The molecule has 1 aromatic heterocycles. The maximum Gasteiger partial charge on any atom is 0.303 e. The van der Waals surface area contributed by atoms with Crippen LogP contribution in [0.25, 0.3) is 0 Å². The summed E-state index contributed by atoms with van der Waals surface area (Å²) in [6.45, 7) is 5.30. The van der Waals surface area contributed by atoms with Gasteiger partial charge in [-0.3, -0.25) is 19.2 Å². The number of benzene rings is 1. The molecule has 0 unspecified atom stereocenters. The highest BCUT2D eigenvalue weighted by Crippen LogP contribution is 2.32. The first-order valence-corrected chi connectivity index (χ1v) is 10.7. The van der Waals surface area contributed by atoms with Gasteiger partial charge in [0, 0.05) is 33.0 Å². The van der Waals surface area contributed by atoms with Gasteiger partial charge >= 0.3 is 17.9 Å². The van der Waals surface area contributed by atoms with Gasteiger partial charge in [0.15, 0.2) is 30.3 Å². The van der Waals surface area contributed by atoms with E-state index in [0.29, 0.717) is 5.69 Å². The highest BCUT2D eigenvalue weighted by Gasteiger charge is 2.47. The van der Waals surface area contributed by atoms with Gasteiger partial charge in [-0.1, -0.05) is 30.3 Å². The minimum Gasteiger partial charge on any atom is -0.483 e. The molecule has 2 aromatic rings. The summed E-state index contributed by atoms with van der Waals surface area (Å²) in [4.78, 5) is 47.8. The summed E-state index contributed by atoms with van der Waals surface area (Å²) >= 11 is 0. The number of aromatic nitrogens is 1. The molecule has 0 saturated carbocycles. The first kappa shape index (κ1) is 25.0. The van der Waals surface area contributed by atoms with Crippen molar-refractivity contribution in [3.63, 3.8) is 0 Å². The van der Waals surface area contributed by atoms with Gasteiger partial charge in [-0.2, -0.15) is 0 Å². The number of nitrogens with zero attached hydrogens (tertiary/aromatic N) is 1. The van der Waals surface area contributed by atoms with Crippen LogP contribution in [-0.2, 0) is 39.9 Å². The molecule has 3 rings (SSSR count). The molecule has 0 aliphatic carbocycles. The quantitative estimate of drug-likeness (QED) is 0.440. The number of esters is 3. The Labute approximate surface area is 196 Å². The normalized spacial score (nSPS) is 21.9. The third-order valence-electron chi connectivity index (χ3n) is 5.15. The largest absolute Gasteiger partial charge is 0.483 e. The van der Waals surface area contributed by atoms with E-state index >= 15 is 0 Å². The van der Waals surface area contributed by atoms with Crippen molar-refractivity contribution in [2.75, 3.05) is 6.61 Å². The molecule has 0 bridgehead atoms. The lowest BCUT2D eigenvalue weighted by molar-refractivity contribution is -0.240. The summed E-state index contributed by atoms with van der Waals surface area (Å²) in [7, 11) is 0. The van der Waals surface area contributed by atoms with E-state index in [1.807, 2.05) is 30.3 Å². The lowest BCUT2D eigenvalue weighted by Crippen LogP contribution is -2.55. The second-order valence-electron chi connectivity index (χ2n) is 7.80. The van der Waals surface area contributed by atoms with E-state index < -0.39 is 42.4 Å². The molecule has 182 valence electrons. The van der Waals surface area contributed by atoms with Crippen LogP contribution < -0.4 is 10.2 Å². The van der Waals surface area contributed by atoms with Crippen molar-refractivity contribution in [1.29, 1.82) is 0 Å². The van der Waals surface area contributed by atoms with Crippen LogP contribution in [0.4, 0.5) is 0 Å². The van der Waals surface area contributed by atoms with E-state index in [2.05, 4.69) is 0 Å². The molecule has 1 aliphatic rings. The lowest BCUT2D eigenvalue weighted by Gasteiger charge is -2.41. The molecule has 10 nitrogen and oxygen atoms in total. The Balaban J connectivity index is 1.97. The van der Waals surface area contributed by atoms with Crippen molar-refractivity contribution in [2.45, 2.75) is 58.8 Å². The van der Waals surface area contributed by atoms with Crippen LogP contribution in [0, 0.1) is 6.92 Å². The third kappa shape index (κ3) is 6.02. The Kier molecular flexibility index (Phi) is 8.06. The smallest absolute Gasteiger partial charge is 0.303 e. The first-order chi connectivity index (χ1) is 16.2. The molecule has 1 fully saturated rings.